The number of benzene rings is 1. The summed E-state index contributed by atoms with van der Waals surface area (Å²) < 4.78 is 1.61. The average molecular weight is 328 g/mol. The third-order valence-corrected chi connectivity index (χ3v) is 3.52. The van der Waals surface area contributed by atoms with Gasteiger partial charge in [-0.3, -0.25) is 9.67 Å². The summed E-state index contributed by atoms with van der Waals surface area (Å²) in [6.45, 7) is 1.76. The van der Waals surface area contributed by atoms with Gasteiger partial charge in [0.1, 0.15) is 11.4 Å². The molecule has 1 aromatic carbocycles. The number of hydrogen-bond acceptors (Lipinski definition) is 4. The van der Waals surface area contributed by atoms with E-state index in [1.807, 2.05) is 0 Å². The van der Waals surface area contributed by atoms with Gasteiger partial charge in [0.25, 0.3) is 0 Å². The van der Waals surface area contributed by atoms with Crippen LogP contribution in [0.3, 0.4) is 0 Å². The van der Waals surface area contributed by atoms with Crippen LogP contribution in [0.2, 0.25) is 10.0 Å². The maximum atomic E-state index is 10.4. The number of phenolic OH excluding ortho intramolecular Hbond substituents is 1. The van der Waals surface area contributed by atoms with E-state index in [-0.39, 0.29) is 17.3 Å². The maximum absolute atomic E-state index is 10.4. The molecule has 5 nitrogen and oxygen atoms in total. The Balaban J connectivity index is 2.16. The van der Waals surface area contributed by atoms with Crippen LogP contribution in [0, 0.1) is 0 Å². The lowest BCUT2D eigenvalue weighted by molar-refractivity contribution is 0.0675. The molecule has 1 atom stereocenters. The summed E-state index contributed by atoms with van der Waals surface area (Å²) in [5, 5.41) is 24.8. The first-order valence-corrected chi connectivity index (χ1v) is 6.94. The molecule has 0 bridgehead atoms. The Hall–Kier alpha value is -1.56. The predicted octanol–water partition coefficient (Wildman–Crippen LogP) is 2.76. The number of phenols is 1. The summed E-state index contributed by atoms with van der Waals surface area (Å²) in [6, 6.07) is 2.99. The van der Waals surface area contributed by atoms with E-state index in [0.29, 0.717) is 16.1 Å². The van der Waals surface area contributed by atoms with Crippen LogP contribution < -0.4 is 0 Å². The van der Waals surface area contributed by atoms with E-state index in [1.54, 1.807) is 37.1 Å². The molecule has 1 aromatic heterocycles. The molecule has 2 aromatic rings. The van der Waals surface area contributed by atoms with Crippen LogP contribution in [-0.2, 0) is 12.6 Å². The van der Waals surface area contributed by atoms with Crippen molar-refractivity contribution in [2.75, 3.05) is 6.54 Å². The second kappa shape index (κ2) is 6.05. The van der Waals surface area contributed by atoms with Crippen molar-refractivity contribution in [2.45, 2.75) is 12.5 Å². The second-order valence-corrected chi connectivity index (χ2v) is 5.82. The number of aromatic nitrogens is 2. The van der Waals surface area contributed by atoms with Gasteiger partial charge < -0.3 is 10.2 Å². The third kappa shape index (κ3) is 3.75. The topological polar surface area (TPSA) is 70.6 Å². The summed E-state index contributed by atoms with van der Waals surface area (Å²) in [5.74, 6) is -0.0918. The van der Waals surface area contributed by atoms with Crippen LogP contribution in [0.1, 0.15) is 18.1 Å². The van der Waals surface area contributed by atoms with Crippen LogP contribution in [-0.4, -0.2) is 32.8 Å². The van der Waals surface area contributed by atoms with Crippen LogP contribution in [0.15, 0.2) is 29.5 Å². The first kappa shape index (κ1) is 15.8. The highest BCUT2D eigenvalue weighted by Crippen LogP contribution is 2.30. The Morgan fingerprint density at radius 1 is 1.43 bits per heavy atom. The smallest absolute Gasteiger partial charge is 0.143 e. The zero-order valence-electron chi connectivity index (χ0n) is 11.6. The molecule has 2 N–H and O–H groups in total. The lowest BCUT2D eigenvalue weighted by atomic mass is 10.00. The van der Waals surface area contributed by atoms with E-state index in [9.17, 15) is 10.2 Å². The molecule has 0 aliphatic rings. The van der Waals surface area contributed by atoms with Gasteiger partial charge in [0.05, 0.1) is 17.8 Å². The van der Waals surface area contributed by atoms with Gasteiger partial charge >= 0.3 is 0 Å². The second-order valence-electron chi connectivity index (χ2n) is 4.97. The largest absolute Gasteiger partial charge is 0.506 e. The molecule has 7 heteroatoms. The van der Waals surface area contributed by atoms with Crippen molar-refractivity contribution in [3.8, 4) is 5.75 Å². The molecule has 0 saturated heterocycles. The van der Waals surface area contributed by atoms with E-state index < -0.39 is 5.60 Å². The number of aryl methyl sites for hydroxylation is 1. The first-order valence-electron chi connectivity index (χ1n) is 6.19. The molecule has 1 heterocycles. The normalized spacial score (nSPS) is 14.5. The number of aliphatic imine (C=N–C) groups is 1. The van der Waals surface area contributed by atoms with E-state index >= 15 is 0 Å². The summed E-state index contributed by atoms with van der Waals surface area (Å²) in [5.41, 5.74) is -0.0899. The van der Waals surface area contributed by atoms with Crippen LogP contribution >= 0.6 is 23.2 Å². The van der Waals surface area contributed by atoms with Gasteiger partial charge in [-0.15, -0.1) is 0 Å². The zero-order chi connectivity index (χ0) is 15.6. The fourth-order valence-corrected chi connectivity index (χ4v) is 2.31. The van der Waals surface area contributed by atoms with E-state index in [4.69, 9.17) is 23.2 Å². The summed E-state index contributed by atoms with van der Waals surface area (Å²) in [7, 11) is 1.77. The predicted molar refractivity (Wildman–Crippen MR) is 83.4 cm³/mol. The number of halogens is 2. The SMILES string of the molecule is Cn1cc(C(C)(O)CN=Cc2cc(Cl)cc(Cl)c2O)cn1. The molecule has 0 fully saturated rings. The number of rotatable bonds is 4. The molecule has 0 spiro atoms. The highest BCUT2D eigenvalue weighted by atomic mass is 35.5. The minimum Gasteiger partial charge on any atom is -0.506 e. The molecule has 1 unspecified atom stereocenters. The van der Waals surface area contributed by atoms with Crippen molar-refractivity contribution < 1.29 is 10.2 Å². The van der Waals surface area contributed by atoms with E-state index in [1.165, 1.54) is 12.3 Å². The van der Waals surface area contributed by atoms with Crippen molar-refractivity contribution in [1.82, 2.24) is 9.78 Å². The summed E-state index contributed by atoms with van der Waals surface area (Å²) in [6.07, 6.45) is 4.74. The molecule has 0 aliphatic carbocycles. The Labute approximate surface area is 132 Å². The first-order chi connectivity index (χ1) is 9.79. The summed E-state index contributed by atoms with van der Waals surface area (Å²) >= 11 is 11.7. The standard InChI is InChI=1S/C14H15Cl2N3O2/c1-14(21,10-6-18-19(2)7-10)8-17-5-9-3-11(15)4-12(16)13(9)20/h3-7,20-21H,8H2,1-2H3. The molecular formula is C14H15Cl2N3O2. The van der Waals surface area contributed by atoms with Crippen LogP contribution in [0.5, 0.6) is 5.75 Å². The minimum absolute atomic E-state index is 0.0918. The number of aromatic hydroxyl groups is 1. The van der Waals surface area contributed by atoms with Gasteiger partial charge in [0, 0.05) is 35.6 Å². The Kier molecular flexibility index (Phi) is 4.56. The fraction of sp³-hybridized carbons (Fsp3) is 0.286. The van der Waals surface area contributed by atoms with Gasteiger partial charge in [-0.2, -0.15) is 5.10 Å². The minimum atomic E-state index is -1.15. The zero-order valence-corrected chi connectivity index (χ0v) is 13.1. The molecule has 0 aliphatic heterocycles. The molecule has 112 valence electrons. The number of nitrogens with zero attached hydrogens (tertiary/aromatic N) is 3. The number of hydrogen-bond donors (Lipinski definition) is 2. The van der Waals surface area contributed by atoms with Crippen LogP contribution in [0.25, 0.3) is 0 Å². The third-order valence-electron chi connectivity index (χ3n) is 3.01. The molecule has 0 radical (unpaired) electrons. The highest BCUT2D eigenvalue weighted by Gasteiger charge is 2.24. The lowest BCUT2D eigenvalue weighted by Crippen LogP contribution is -2.24. The van der Waals surface area contributed by atoms with Gasteiger partial charge in [0.15, 0.2) is 0 Å². The number of aliphatic hydroxyl groups is 1. The molecule has 0 saturated carbocycles. The molecule has 21 heavy (non-hydrogen) atoms. The van der Waals surface area contributed by atoms with E-state index in [2.05, 4.69) is 10.1 Å². The van der Waals surface area contributed by atoms with Crippen molar-refractivity contribution in [3.05, 3.63) is 45.7 Å². The van der Waals surface area contributed by atoms with Gasteiger partial charge in [-0.25, -0.2) is 0 Å². The molecule has 0 amide bonds. The molecular weight excluding hydrogens is 313 g/mol. The molecule has 2 rings (SSSR count). The maximum Gasteiger partial charge on any atom is 0.143 e. The fourth-order valence-electron chi connectivity index (χ4n) is 1.80. The van der Waals surface area contributed by atoms with Gasteiger partial charge in [-0.1, -0.05) is 23.2 Å². The monoisotopic (exact) mass is 327 g/mol. The van der Waals surface area contributed by atoms with Crippen molar-refractivity contribution >= 4 is 29.4 Å². The van der Waals surface area contributed by atoms with Crippen molar-refractivity contribution in [3.63, 3.8) is 0 Å². The summed E-state index contributed by atoms with van der Waals surface area (Å²) in [4.78, 5) is 4.15. The van der Waals surface area contributed by atoms with Crippen molar-refractivity contribution in [1.29, 1.82) is 0 Å². The average Bonchev–Trinajstić information content (AvgIpc) is 2.82. The Morgan fingerprint density at radius 3 is 2.76 bits per heavy atom. The highest BCUT2D eigenvalue weighted by molar-refractivity contribution is 6.36. The van der Waals surface area contributed by atoms with Crippen molar-refractivity contribution in [2.24, 2.45) is 12.0 Å². The Bertz CT molecular complexity index is 681. The van der Waals surface area contributed by atoms with Gasteiger partial charge in [0.2, 0.25) is 0 Å². The van der Waals surface area contributed by atoms with Gasteiger partial charge in [-0.05, 0) is 19.1 Å². The quantitative estimate of drug-likeness (QED) is 0.848. The van der Waals surface area contributed by atoms with E-state index in [0.717, 1.165) is 0 Å². The Morgan fingerprint density at radius 2 is 2.14 bits per heavy atom. The lowest BCUT2D eigenvalue weighted by Gasteiger charge is -2.18. The van der Waals surface area contributed by atoms with Crippen LogP contribution in [0.4, 0.5) is 0 Å².